The maximum Gasteiger partial charge on any atom is 0.115 e. The summed E-state index contributed by atoms with van der Waals surface area (Å²) in [6.07, 6.45) is 4.99. The molecule has 0 aromatic heterocycles. The Kier molecular flexibility index (Phi) is 2.40. The first-order valence-corrected chi connectivity index (χ1v) is 6.25. The number of aromatic hydroxyl groups is 1. The SMILES string of the molecule is CN1CCC[C@H]2Cc3cc(O)ccc3C[C@H]21. The normalized spacial score (nSPS) is 29.6. The minimum atomic E-state index is 0.418. The summed E-state index contributed by atoms with van der Waals surface area (Å²) in [5.74, 6) is 1.22. The van der Waals surface area contributed by atoms with Crippen molar-refractivity contribution in [2.24, 2.45) is 5.92 Å². The zero-order valence-electron chi connectivity index (χ0n) is 9.82. The highest BCUT2D eigenvalue weighted by Crippen LogP contribution is 2.35. The van der Waals surface area contributed by atoms with Gasteiger partial charge in [-0.05, 0) is 68.5 Å². The van der Waals surface area contributed by atoms with Gasteiger partial charge in [0.2, 0.25) is 0 Å². The van der Waals surface area contributed by atoms with Crippen molar-refractivity contribution in [2.45, 2.75) is 31.7 Å². The number of phenolic OH excluding ortho intramolecular Hbond substituents is 1. The van der Waals surface area contributed by atoms with Crippen molar-refractivity contribution in [2.75, 3.05) is 13.6 Å². The number of likely N-dealkylation sites (N-methyl/N-ethyl adjacent to an activating group) is 1. The van der Waals surface area contributed by atoms with E-state index < -0.39 is 0 Å². The molecule has 1 N–H and O–H groups in total. The molecule has 16 heavy (non-hydrogen) atoms. The fourth-order valence-corrected chi connectivity index (χ4v) is 3.39. The highest BCUT2D eigenvalue weighted by molar-refractivity contribution is 5.37. The second-order valence-corrected chi connectivity index (χ2v) is 5.31. The molecule has 1 saturated heterocycles. The predicted octanol–water partition coefficient (Wildman–Crippen LogP) is 2.20. The van der Waals surface area contributed by atoms with Crippen molar-refractivity contribution in [3.8, 4) is 5.75 Å². The fraction of sp³-hybridized carbons (Fsp3) is 0.571. The number of likely N-dealkylation sites (tertiary alicyclic amines) is 1. The van der Waals surface area contributed by atoms with Crippen LogP contribution in [0.15, 0.2) is 18.2 Å². The van der Waals surface area contributed by atoms with Gasteiger partial charge < -0.3 is 10.0 Å². The van der Waals surface area contributed by atoms with Gasteiger partial charge in [-0.1, -0.05) is 6.07 Å². The molecule has 2 atom stereocenters. The van der Waals surface area contributed by atoms with E-state index in [0.29, 0.717) is 5.75 Å². The molecule has 2 aliphatic rings. The van der Waals surface area contributed by atoms with Crippen LogP contribution in [0.1, 0.15) is 24.0 Å². The lowest BCUT2D eigenvalue weighted by molar-refractivity contribution is 0.112. The van der Waals surface area contributed by atoms with Crippen LogP contribution in [0.3, 0.4) is 0 Å². The molecule has 0 unspecified atom stereocenters. The van der Waals surface area contributed by atoms with Crippen LogP contribution in [-0.4, -0.2) is 29.6 Å². The van der Waals surface area contributed by atoms with Crippen molar-refractivity contribution in [3.63, 3.8) is 0 Å². The third kappa shape index (κ3) is 1.61. The number of piperidine rings is 1. The van der Waals surface area contributed by atoms with Crippen LogP contribution in [0, 0.1) is 5.92 Å². The average Bonchev–Trinajstić information content (AvgIpc) is 2.27. The maximum atomic E-state index is 9.53. The van der Waals surface area contributed by atoms with Crippen LogP contribution in [0.2, 0.25) is 0 Å². The van der Waals surface area contributed by atoms with Gasteiger partial charge in [-0.2, -0.15) is 0 Å². The second-order valence-electron chi connectivity index (χ2n) is 5.31. The molecule has 0 bridgehead atoms. The van der Waals surface area contributed by atoms with Gasteiger partial charge in [0.1, 0.15) is 5.75 Å². The summed E-state index contributed by atoms with van der Waals surface area (Å²) in [7, 11) is 2.25. The summed E-state index contributed by atoms with van der Waals surface area (Å²) >= 11 is 0. The summed E-state index contributed by atoms with van der Waals surface area (Å²) in [5, 5.41) is 9.53. The van der Waals surface area contributed by atoms with Crippen molar-refractivity contribution >= 4 is 0 Å². The van der Waals surface area contributed by atoms with E-state index in [-0.39, 0.29) is 0 Å². The highest BCUT2D eigenvalue weighted by atomic mass is 16.3. The van der Waals surface area contributed by atoms with Gasteiger partial charge in [0, 0.05) is 6.04 Å². The first kappa shape index (κ1) is 10.2. The Morgan fingerprint density at radius 1 is 1.25 bits per heavy atom. The largest absolute Gasteiger partial charge is 0.508 e. The van der Waals surface area contributed by atoms with Crippen LogP contribution in [0.25, 0.3) is 0 Å². The van der Waals surface area contributed by atoms with E-state index >= 15 is 0 Å². The number of hydrogen-bond acceptors (Lipinski definition) is 2. The Morgan fingerprint density at radius 2 is 2.12 bits per heavy atom. The van der Waals surface area contributed by atoms with E-state index in [2.05, 4.69) is 18.0 Å². The average molecular weight is 217 g/mol. The van der Waals surface area contributed by atoms with E-state index in [1.165, 1.54) is 30.5 Å². The van der Waals surface area contributed by atoms with Gasteiger partial charge in [-0.15, -0.1) is 0 Å². The summed E-state index contributed by atoms with van der Waals surface area (Å²) < 4.78 is 0. The smallest absolute Gasteiger partial charge is 0.115 e. The summed E-state index contributed by atoms with van der Waals surface area (Å²) in [4.78, 5) is 2.52. The third-order valence-corrected chi connectivity index (χ3v) is 4.30. The van der Waals surface area contributed by atoms with Crippen molar-refractivity contribution < 1.29 is 5.11 Å². The maximum absolute atomic E-state index is 9.53. The predicted molar refractivity (Wildman–Crippen MR) is 64.7 cm³/mol. The van der Waals surface area contributed by atoms with Crippen LogP contribution in [0.4, 0.5) is 0 Å². The Labute approximate surface area is 96.9 Å². The molecule has 1 aliphatic carbocycles. The molecule has 0 radical (unpaired) electrons. The zero-order valence-corrected chi connectivity index (χ0v) is 9.82. The van der Waals surface area contributed by atoms with Crippen molar-refractivity contribution in [1.82, 2.24) is 4.90 Å². The molecular weight excluding hydrogens is 198 g/mol. The molecule has 3 rings (SSSR count). The number of hydrogen-bond donors (Lipinski definition) is 1. The van der Waals surface area contributed by atoms with E-state index in [4.69, 9.17) is 0 Å². The molecule has 1 aromatic rings. The Balaban J connectivity index is 1.93. The minimum Gasteiger partial charge on any atom is -0.508 e. The van der Waals surface area contributed by atoms with Gasteiger partial charge in [0.05, 0.1) is 0 Å². The molecule has 86 valence electrons. The standard InChI is InChI=1S/C14H19NO/c1-15-6-2-3-11-7-12-8-13(16)5-4-10(12)9-14(11)15/h4-5,8,11,14,16H,2-3,6-7,9H2,1H3/t11-,14+/m0/s1. The molecular formula is C14H19NO. The minimum absolute atomic E-state index is 0.418. The molecule has 1 aliphatic heterocycles. The lowest BCUT2D eigenvalue weighted by Gasteiger charge is -2.42. The lowest BCUT2D eigenvalue weighted by Crippen LogP contribution is -2.47. The molecule has 1 fully saturated rings. The summed E-state index contributed by atoms with van der Waals surface area (Å²) in [6, 6.07) is 6.61. The number of nitrogens with zero attached hydrogens (tertiary/aromatic N) is 1. The van der Waals surface area contributed by atoms with Crippen molar-refractivity contribution in [1.29, 1.82) is 0 Å². The number of fused-ring (bicyclic) bond motifs is 2. The molecule has 0 amide bonds. The second kappa shape index (κ2) is 3.77. The molecule has 1 aromatic carbocycles. The lowest BCUT2D eigenvalue weighted by atomic mass is 9.75. The van der Waals surface area contributed by atoms with Gasteiger partial charge in [0.15, 0.2) is 0 Å². The van der Waals surface area contributed by atoms with Crippen LogP contribution >= 0.6 is 0 Å². The molecule has 0 saturated carbocycles. The summed E-state index contributed by atoms with van der Waals surface area (Å²) in [6.45, 7) is 1.24. The van der Waals surface area contributed by atoms with Gasteiger partial charge in [-0.25, -0.2) is 0 Å². The monoisotopic (exact) mass is 217 g/mol. The molecule has 2 nitrogen and oxygen atoms in total. The van der Waals surface area contributed by atoms with Gasteiger partial charge in [-0.3, -0.25) is 0 Å². The zero-order chi connectivity index (χ0) is 11.1. The Bertz CT molecular complexity index is 402. The topological polar surface area (TPSA) is 23.5 Å². The molecule has 0 spiro atoms. The van der Waals surface area contributed by atoms with E-state index in [0.717, 1.165) is 24.8 Å². The molecule has 2 heteroatoms. The van der Waals surface area contributed by atoms with Crippen LogP contribution < -0.4 is 0 Å². The Hall–Kier alpha value is -1.02. The number of phenols is 1. The van der Waals surface area contributed by atoms with E-state index in [1.54, 1.807) is 0 Å². The molecule has 1 heterocycles. The summed E-state index contributed by atoms with van der Waals surface area (Å²) in [5.41, 5.74) is 2.81. The van der Waals surface area contributed by atoms with Crippen LogP contribution in [0.5, 0.6) is 5.75 Å². The van der Waals surface area contributed by atoms with Crippen molar-refractivity contribution in [3.05, 3.63) is 29.3 Å². The van der Waals surface area contributed by atoms with Gasteiger partial charge >= 0.3 is 0 Å². The van der Waals surface area contributed by atoms with Gasteiger partial charge in [0.25, 0.3) is 0 Å². The van der Waals surface area contributed by atoms with Crippen LogP contribution in [-0.2, 0) is 12.8 Å². The Morgan fingerprint density at radius 3 is 3.00 bits per heavy atom. The van der Waals surface area contributed by atoms with E-state index in [1.807, 2.05) is 12.1 Å². The third-order valence-electron chi connectivity index (χ3n) is 4.30. The quantitative estimate of drug-likeness (QED) is 0.720. The number of rotatable bonds is 0. The fourth-order valence-electron chi connectivity index (χ4n) is 3.39. The number of benzene rings is 1. The first-order valence-electron chi connectivity index (χ1n) is 6.25. The highest BCUT2D eigenvalue weighted by Gasteiger charge is 2.33. The van der Waals surface area contributed by atoms with E-state index in [9.17, 15) is 5.11 Å². The first-order chi connectivity index (χ1) is 7.74.